The Labute approximate surface area is 191 Å². The summed E-state index contributed by atoms with van der Waals surface area (Å²) in [6.07, 6.45) is 21.4. The monoisotopic (exact) mass is 424 g/mol. The highest BCUT2D eigenvalue weighted by atomic mass is 15.5. The Morgan fingerprint density at radius 2 is 0.900 bits per heavy atom. The maximum atomic E-state index is 5.28. The number of hydrogen-bond donors (Lipinski definition) is 0. The van der Waals surface area contributed by atoms with Crippen LogP contribution in [0.25, 0.3) is 0 Å². The van der Waals surface area contributed by atoms with Gasteiger partial charge in [0.05, 0.1) is 19.6 Å². The van der Waals surface area contributed by atoms with Crippen LogP contribution < -0.4 is 0 Å². The fraction of sp³-hybridized carbons (Fsp3) is 0.963. The summed E-state index contributed by atoms with van der Waals surface area (Å²) in [5.74, 6) is 1.37. The molecule has 0 N–H and O–H groups in total. The number of nitrogens with zero attached hydrogens (tertiary/aromatic N) is 3. The van der Waals surface area contributed by atoms with Gasteiger partial charge in [0.25, 0.3) is 5.96 Å². The van der Waals surface area contributed by atoms with Crippen LogP contribution in [0.15, 0.2) is 4.99 Å². The number of aliphatic imine (C=N–C) groups is 1. The highest BCUT2D eigenvalue weighted by Gasteiger charge is 2.34. The van der Waals surface area contributed by atoms with Crippen LogP contribution in [0.2, 0.25) is 0 Å². The number of hydrogen-bond acceptors (Lipinski definition) is 1. The second-order valence-electron chi connectivity index (χ2n) is 9.63. The molecule has 0 spiro atoms. The minimum atomic E-state index is 1.01. The lowest BCUT2D eigenvalue weighted by molar-refractivity contribution is -0.848. The third-order valence-electron chi connectivity index (χ3n) is 6.41. The van der Waals surface area contributed by atoms with Gasteiger partial charge in [-0.05, 0) is 44.9 Å². The SMILES string of the molecule is CCCCCCN=C(N(C)C)[N+](CCCCCC)(CCCCCC)CCCCCC. The van der Waals surface area contributed by atoms with Crippen molar-refractivity contribution in [1.82, 2.24) is 4.90 Å². The first-order valence-corrected chi connectivity index (χ1v) is 13.7. The van der Waals surface area contributed by atoms with Crippen molar-refractivity contribution in [3.8, 4) is 0 Å². The molecule has 3 nitrogen and oxygen atoms in total. The Balaban J connectivity index is 5.47. The average molecular weight is 425 g/mol. The fourth-order valence-electron chi connectivity index (χ4n) is 4.59. The summed E-state index contributed by atoms with van der Waals surface area (Å²) >= 11 is 0. The lowest BCUT2D eigenvalue weighted by Crippen LogP contribution is -2.59. The van der Waals surface area contributed by atoms with E-state index >= 15 is 0 Å². The van der Waals surface area contributed by atoms with Crippen LogP contribution in [0, 0.1) is 0 Å². The Hall–Kier alpha value is -0.570. The molecule has 0 saturated carbocycles. The van der Waals surface area contributed by atoms with E-state index in [9.17, 15) is 0 Å². The summed E-state index contributed by atoms with van der Waals surface area (Å²) in [7, 11) is 4.48. The van der Waals surface area contributed by atoms with Crippen molar-refractivity contribution in [1.29, 1.82) is 0 Å². The normalized spacial score (nSPS) is 12.5. The first kappa shape index (κ1) is 29.4. The van der Waals surface area contributed by atoms with Gasteiger partial charge in [0.15, 0.2) is 0 Å². The highest BCUT2D eigenvalue weighted by molar-refractivity contribution is 5.72. The molecule has 0 radical (unpaired) electrons. The van der Waals surface area contributed by atoms with Crippen molar-refractivity contribution in [2.45, 2.75) is 130 Å². The number of quaternary nitrogens is 1. The standard InChI is InChI=1S/C27H58N3/c1-7-11-15-19-23-28-27(29(5)6)30(24-20-16-12-8-2,25-21-17-13-9-3)26-22-18-14-10-4/h7-26H2,1-6H3/q+1. The molecule has 0 bridgehead atoms. The van der Waals surface area contributed by atoms with Gasteiger partial charge in [0, 0.05) is 20.6 Å². The average Bonchev–Trinajstić information content (AvgIpc) is 2.73. The largest absolute Gasteiger partial charge is 0.317 e. The van der Waals surface area contributed by atoms with E-state index in [2.05, 4.69) is 46.7 Å². The topological polar surface area (TPSA) is 15.6 Å². The van der Waals surface area contributed by atoms with Gasteiger partial charge in [0.2, 0.25) is 0 Å². The van der Waals surface area contributed by atoms with Crippen LogP contribution >= 0.6 is 0 Å². The Morgan fingerprint density at radius 3 is 1.23 bits per heavy atom. The summed E-state index contributed by atoms with van der Waals surface area (Å²) < 4.78 is 1.14. The molecule has 0 heterocycles. The van der Waals surface area contributed by atoms with E-state index in [0.717, 1.165) is 11.0 Å². The molecule has 0 unspecified atom stereocenters. The maximum absolute atomic E-state index is 5.28. The zero-order chi connectivity index (χ0) is 22.5. The molecule has 0 rings (SSSR count). The van der Waals surface area contributed by atoms with Crippen LogP contribution in [0.5, 0.6) is 0 Å². The molecular formula is C27H58N3+. The van der Waals surface area contributed by atoms with E-state index in [0.29, 0.717) is 0 Å². The molecule has 180 valence electrons. The summed E-state index contributed by atoms with van der Waals surface area (Å²) in [6.45, 7) is 14.1. The second-order valence-corrected chi connectivity index (χ2v) is 9.63. The van der Waals surface area contributed by atoms with Gasteiger partial charge in [-0.25, -0.2) is 4.99 Å². The van der Waals surface area contributed by atoms with E-state index in [-0.39, 0.29) is 0 Å². The summed E-state index contributed by atoms with van der Waals surface area (Å²) in [4.78, 5) is 7.64. The minimum Gasteiger partial charge on any atom is -0.317 e. The summed E-state index contributed by atoms with van der Waals surface area (Å²) in [5.41, 5.74) is 0. The van der Waals surface area contributed by atoms with E-state index < -0.39 is 0 Å². The molecule has 3 heteroatoms. The first-order valence-electron chi connectivity index (χ1n) is 13.7. The van der Waals surface area contributed by atoms with Crippen molar-refractivity contribution in [3.63, 3.8) is 0 Å². The zero-order valence-electron chi connectivity index (χ0n) is 22.0. The number of rotatable bonds is 20. The van der Waals surface area contributed by atoms with Gasteiger partial charge >= 0.3 is 0 Å². The summed E-state index contributed by atoms with van der Waals surface area (Å²) in [5, 5.41) is 0. The predicted octanol–water partition coefficient (Wildman–Crippen LogP) is 8.04. The van der Waals surface area contributed by atoms with Crippen LogP contribution in [-0.4, -0.2) is 55.6 Å². The molecule has 0 aliphatic heterocycles. The number of guanidine groups is 1. The molecule has 0 saturated heterocycles. The van der Waals surface area contributed by atoms with Crippen LogP contribution in [-0.2, 0) is 0 Å². The van der Waals surface area contributed by atoms with E-state index in [1.165, 1.54) is 128 Å². The predicted molar refractivity (Wildman–Crippen MR) is 137 cm³/mol. The third kappa shape index (κ3) is 13.7. The molecule has 30 heavy (non-hydrogen) atoms. The molecule has 0 fully saturated rings. The molecule has 0 aromatic heterocycles. The van der Waals surface area contributed by atoms with Crippen molar-refractivity contribution in [2.75, 3.05) is 40.3 Å². The Kier molecular flexibility index (Phi) is 20.0. The Bertz CT molecular complexity index is 358. The molecular weight excluding hydrogens is 366 g/mol. The molecule has 0 aliphatic rings. The maximum Gasteiger partial charge on any atom is 0.299 e. The van der Waals surface area contributed by atoms with Crippen LogP contribution in [0.4, 0.5) is 0 Å². The molecule has 0 atom stereocenters. The molecule has 0 aliphatic carbocycles. The van der Waals surface area contributed by atoms with E-state index in [4.69, 9.17) is 4.99 Å². The van der Waals surface area contributed by atoms with Crippen LogP contribution in [0.3, 0.4) is 0 Å². The Morgan fingerprint density at radius 1 is 0.533 bits per heavy atom. The molecule has 0 aromatic rings. The van der Waals surface area contributed by atoms with Gasteiger partial charge in [-0.3, -0.25) is 4.48 Å². The van der Waals surface area contributed by atoms with Crippen LogP contribution in [0.1, 0.15) is 130 Å². The lowest BCUT2D eigenvalue weighted by Gasteiger charge is -2.41. The molecule has 0 amide bonds. The first-order chi connectivity index (χ1) is 14.6. The minimum absolute atomic E-state index is 1.01. The summed E-state index contributed by atoms with van der Waals surface area (Å²) in [6, 6.07) is 0. The zero-order valence-corrected chi connectivity index (χ0v) is 22.0. The number of unbranched alkanes of at least 4 members (excludes halogenated alkanes) is 12. The van der Waals surface area contributed by atoms with Gasteiger partial charge in [-0.2, -0.15) is 0 Å². The highest BCUT2D eigenvalue weighted by Crippen LogP contribution is 2.20. The lowest BCUT2D eigenvalue weighted by atomic mass is 10.1. The van der Waals surface area contributed by atoms with Crippen molar-refractivity contribution < 1.29 is 4.48 Å². The van der Waals surface area contributed by atoms with E-state index in [1.807, 2.05) is 0 Å². The fourth-order valence-corrected chi connectivity index (χ4v) is 4.59. The van der Waals surface area contributed by atoms with Crippen molar-refractivity contribution in [3.05, 3.63) is 0 Å². The molecule has 0 aromatic carbocycles. The van der Waals surface area contributed by atoms with E-state index in [1.54, 1.807) is 0 Å². The van der Waals surface area contributed by atoms with Crippen molar-refractivity contribution >= 4 is 5.96 Å². The van der Waals surface area contributed by atoms with Crippen molar-refractivity contribution in [2.24, 2.45) is 4.99 Å². The second kappa shape index (κ2) is 20.3. The van der Waals surface area contributed by atoms with Gasteiger partial charge < -0.3 is 4.90 Å². The quantitative estimate of drug-likeness (QED) is 0.0835. The third-order valence-corrected chi connectivity index (χ3v) is 6.41. The smallest absolute Gasteiger partial charge is 0.299 e. The van der Waals surface area contributed by atoms with Gasteiger partial charge in [0.1, 0.15) is 0 Å². The van der Waals surface area contributed by atoms with Gasteiger partial charge in [-0.1, -0.05) is 85.5 Å². The van der Waals surface area contributed by atoms with Gasteiger partial charge in [-0.15, -0.1) is 0 Å².